The van der Waals surface area contributed by atoms with Crippen molar-refractivity contribution in [2.75, 3.05) is 18.0 Å². The number of anilines is 1. The summed E-state index contributed by atoms with van der Waals surface area (Å²) < 4.78 is 33.7. The van der Waals surface area contributed by atoms with Crippen LogP contribution >= 0.6 is 23.2 Å². The fourth-order valence-corrected chi connectivity index (χ4v) is 5.58. The van der Waals surface area contributed by atoms with Gasteiger partial charge in [-0.3, -0.25) is 13.9 Å². The van der Waals surface area contributed by atoms with E-state index in [0.29, 0.717) is 21.4 Å². The maximum Gasteiger partial charge on any atom is 0.264 e. The van der Waals surface area contributed by atoms with Crippen LogP contribution in [0.4, 0.5) is 5.69 Å². The van der Waals surface area contributed by atoms with Crippen molar-refractivity contribution in [3.8, 4) is 5.75 Å². The summed E-state index contributed by atoms with van der Waals surface area (Å²) >= 11 is 12.2. The van der Waals surface area contributed by atoms with Crippen molar-refractivity contribution in [1.82, 2.24) is 10.2 Å². The van der Waals surface area contributed by atoms with Crippen LogP contribution in [0, 0.1) is 0 Å². The van der Waals surface area contributed by atoms with Gasteiger partial charge in [-0.1, -0.05) is 47.5 Å². The van der Waals surface area contributed by atoms with Gasteiger partial charge < -0.3 is 15.0 Å². The van der Waals surface area contributed by atoms with E-state index >= 15 is 0 Å². The first kappa shape index (κ1) is 30.3. The molecule has 0 aliphatic carbocycles. The Morgan fingerprint density at radius 1 is 0.923 bits per heavy atom. The summed E-state index contributed by atoms with van der Waals surface area (Å²) in [6, 6.07) is 18.0. The summed E-state index contributed by atoms with van der Waals surface area (Å²) in [7, 11) is -2.65. The van der Waals surface area contributed by atoms with Crippen LogP contribution in [-0.2, 0) is 26.2 Å². The molecule has 0 aliphatic rings. The van der Waals surface area contributed by atoms with Crippen molar-refractivity contribution in [3.63, 3.8) is 0 Å². The van der Waals surface area contributed by atoms with Gasteiger partial charge in [0.05, 0.1) is 27.7 Å². The predicted octanol–water partition coefficient (Wildman–Crippen LogP) is 5.14. The number of sulfonamides is 1. The van der Waals surface area contributed by atoms with Gasteiger partial charge in [0.25, 0.3) is 10.0 Å². The smallest absolute Gasteiger partial charge is 0.264 e. The number of methoxy groups -OCH3 is 1. The van der Waals surface area contributed by atoms with E-state index in [2.05, 4.69) is 5.32 Å². The van der Waals surface area contributed by atoms with Gasteiger partial charge in [0.1, 0.15) is 18.3 Å². The quantitative estimate of drug-likeness (QED) is 0.333. The van der Waals surface area contributed by atoms with E-state index in [4.69, 9.17) is 27.9 Å². The second kappa shape index (κ2) is 13.2. The third-order valence-electron chi connectivity index (χ3n) is 5.91. The van der Waals surface area contributed by atoms with E-state index in [0.717, 1.165) is 4.31 Å². The summed E-state index contributed by atoms with van der Waals surface area (Å²) in [6.07, 6.45) is 0. The molecule has 8 nitrogen and oxygen atoms in total. The number of carbonyl (C=O) groups is 2. The van der Waals surface area contributed by atoms with Crippen LogP contribution in [0.2, 0.25) is 10.0 Å². The summed E-state index contributed by atoms with van der Waals surface area (Å²) in [5, 5.41) is 3.46. The summed E-state index contributed by atoms with van der Waals surface area (Å²) in [5.41, 5.74) is 0.894. The van der Waals surface area contributed by atoms with E-state index in [9.17, 15) is 18.0 Å². The molecule has 3 rings (SSSR count). The van der Waals surface area contributed by atoms with E-state index in [1.54, 1.807) is 67.6 Å². The molecule has 0 fully saturated rings. The predicted molar refractivity (Wildman–Crippen MR) is 154 cm³/mol. The number of rotatable bonds is 11. The molecule has 1 atom stereocenters. The Kier molecular flexibility index (Phi) is 10.2. The molecule has 208 valence electrons. The average Bonchev–Trinajstić information content (AvgIpc) is 2.92. The van der Waals surface area contributed by atoms with E-state index in [1.807, 2.05) is 13.8 Å². The van der Waals surface area contributed by atoms with Crippen LogP contribution in [0.3, 0.4) is 0 Å². The summed E-state index contributed by atoms with van der Waals surface area (Å²) in [6.45, 7) is 4.67. The second-order valence-corrected chi connectivity index (χ2v) is 11.8. The highest BCUT2D eigenvalue weighted by atomic mass is 35.5. The van der Waals surface area contributed by atoms with E-state index < -0.39 is 28.5 Å². The Balaban J connectivity index is 2.03. The molecule has 39 heavy (non-hydrogen) atoms. The molecule has 0 heterocycles. The van der Waals surface area contributed by atoms with Crippen molar-refractivity contribution in [2.24, 2.45) is 0 Å². The summed E-state index contributed by atoms with van der Waals surface area (Å²) in [5.74, 6) is -0.425. The number of amides is 2. The lowest BCUT2D eigenvalue weighted by Gasteiger charge is -2.32. The average molecular weight is 593 g/mol. The SMILES string of the molecule is COc1ccc(N(CC(=O)N(Cc2ccc(Cl)c(Cl)c2)C(C)C(=O)NC(C)C)S(=O)(=O)c2ccccc2)cc1. The third-order valence-corrected chi connectivity index (χ3v) is 8.43. The standard InChI is InChI=1S/C28H31Cl2N3O5S/c1-19(2)31-28(35)20(3)32(17-21-10-15-25(29)26(30)16-21)27(34)18-33(22-11-13-23(38-4)14-12-22)39(36,37)24-8-6-5-7-9-24/h5-16,19-20H,17-18H2,1-4H3,(H,31,35). The molecule has 0 aromatic heterocycles. The van der Waals surface area contributed by atoms with Gasteiger partial charge in [-0.25, -0.2) is 8.42 Å². The lowest BCUT2D eigenvalue weighted by Crippen LogP contribution is -2.52. The third kappa shape index (κ3) is 7.65. The Labute approximate surface area is 239 Å². The molecule has 2 amide bonds. The Hall–Kier alpha value is -3.27. The first-order valence-electron chi connectivity index (χ1n) is 12.2. The molecule has 0 aliphatic heterocycles. The van der Waals surface area contributed by atoms with Gasteiger partial charge in [-0.15, -0.1) is 0 Å². The highest BCUT2D eigenvalue weighted by Crippen LogP contribution is 2.27. The van der Waals surface area contributed by atoms with Crippen molar-refractivity contribution >= 4 is 50.7 Å². The second-order valence-electron chi connectivity index (χ2n) is 9.13. The van der Waals surface area contributed by atoms with Crippen molar-refractivity contribution in [3.05, 3.63) is 88.4 Å². The van der Waals surface area contributed by atoms with Crippen LogP contribution in [-0.4, -0.2) is 50.9 Å². The van der Waals surface area contributed by atoms with Gasteiger partial charge in [0.15, 0.2) is 0 Å². The molecular formula is C28H31Cl2N3O5S. The van der Waals surface area contributed by atoms with Gasteiger partial charge in [0, 0.05) is 12.6 Å². The minimum atomic E-state index is -4.15. The molecule has 0 radical (unpaired) electrons. The molecule has 1 N–H and O–H groups in total. The van der Waals surface area contributed by atoms with Crippen molar-refractivity contribution in [1.29, 1.82) is 0 Å². The number of carbonyl (C=O) groups excluding carboxylic acids is 2. The lowest BCUT2D eigenvalue weighted by molar-refractivity contribution is -0.139. The number of hydrogen-bond donors (Lipinski definition) is 1. The highest BCUT2D eigenvalue weighted by Gasteiger charge is 2.32. The topological polar surface area (TPSA) is 96.0 Å². The zero-order chi connectivity index (χ0) is 28.7. The number of halogens is 2. The molecule has 3 aromatic rings. The Morgan fingerprint density at radius 2 is 1.56 bits per heavy atom. The number of hydrogen-bond acceptors (Lipinski definition) is 5. The molecule has 3 aromatic carbocycles. The van der Waals surface area contributed by atoms with Crippen LogP contribution < -0.4 is 14.4 Å². The van der Waals surface area contributed by atoms with E-state index in [1.165, 1.54) is 24.1 Å². The molecule has 1 unspecified atom stereocenters. The maximum absolute atomic E-state index is 13.9. The molecule has 0 saturated carbocycles. The number of benzene rings is 3. The monoisotopic (exact) mass is 591 g/mol. The minimum Gasteiger partial charge on any atom is -0.497 e. The molecule has 11 heteroatoms. The van der Waals surface area contributed by atoms with Gasteiger partial charge >= 0.3 is 0 Å². The number of ether oxygens (including phenoxy) is 1. The molecular weight excluding hydrogens is 561 g/mol. The largest absolute Gasteiger partial charge is 0.497 e. The van der Waals surface area contributed by atoms with Crippen LogP contribution in [0.25, 0.3) is 0 Å². The van der Waals surface area contributed by atoms with Gasteiger partial charge in [-0.2, -0.15) is 0 Å². The van der Waals surface area contributed by atoms with Crippen LogP contribution in [0.5, 0.6) is 5.75 Å². The molecule has 0 spiro atoms. The Bertz CT molecular complexity index is 1400. The van der Waals surface area contributed by atoms with Crippen molar-refractivity contribution < 1.29 is 22.7 Å². The summed E-state index contributed by atoms with van der Waals surface area (Å²) in [4.78, 5) is 28.2. The fourth-order valence-electron chi connectivity index (χ4n) is 3.82. The normalized spacial score (nSPS) is 12.1. The first-order valence-corrected chi connectivity index (χ1v) is 14.4. The molecule has 0 saturated heterocycles. The fraction of sp³-hybridized carbons (Fsp3) is 0.286. The van der Waals surface area contributed by atoms with Crippen molar-refractivity contribution in [2.45, 2.75) is 44.3 Å². The number of nitrogens with zero attached hydrogens (tertiary/aromatic N) is 2. The van der Waals surface area contributed by atoms with Crippen LogP contribution in [0.1, 0.15) is 26.3 Å². The van der Waals surface area contributed by atoms with Gasteiger partial charge in [0.2, 0.25) is 11.8 Å². The van der Waals surface area contributed by atoms with E-state index in [-0.39, 0.29) is 29.1 Å². The lowest BCUT2D eigenvalue weighted by atomic mass is 10.1. The minimum absolute atomic E-state index is 0.00421. The number of nitrogens with one attached hydrogen (secondary N) is 1. The maximum atomic E-state index is 13.9. The zero-order valence-corrected chi connectivity index (χ0v) is 24.4. The zero-order valence-electron chi connectivity index (χ0n) is 22.1. The first-order chi connectivity index (χ1) is 18.4. The van der Waals surface area contributed by atoms with Gasteiger partial charge in [-0.05, 0) is 74.9 Å². The highest BCUT2D eigenvalue weighted by molar-refractivity contribution is 7.92. The Morgan fingerprint density at radius 3 is 2.13 bits per heavy atom. The molecule has 0 bridgehead atoms. The van der Waals surface area contributed by atoms with Crippen LogP contribution in [0.15, 0.2) is 77.7 Å².